The molecular weight excluding hydrogens is 266 g/mol. The van der Waals surface area contributed by atoms with Crippen molar-refractivity contribution in [1.82, 2.24) is 5.32 Å². The zero-order chi connectivity index (χ0) is 15.1. The molecule has 1 unspecified atom stereocenters. The fraction of sp³-hybridized carbons (Fsp3) is 0.235. The first kappa shape index (κ1) is 15.1. The minimum atomic E-state index is -0.719. The Morgan fingerprint density at radius 1 is 1.33 bits per heavy atom. The van der Waals surface area contributed by atoms with Gasteiger partial charge in [-0.15, -0.1) is 6.58 Å². The summed E-state index contributed by atoms with van der Waals surface area (Å²) in [5.74, 6) is 0.704. The average molecular weight is 285 g/mol. The van der Waals surface area contributed by atoms with Gasteiger partial charge in [0, 0.05) is 18.5 Å². The molecule has 0 saturated heterocycles. The van der Waals surface area contributed by atoms with Crippen molar-refractivity contribution < 1.29 is 14.3 Å². The molecule has 0 spiro atoms. The van der Waals surface area contributed by atoms with Crippen molar-refractivity contribution in [3.05, 3.63) is 60.9 Å². The summed E-state index contributed by atoms with van der Waals surface area (Å²) in [7, 11) is 0. The van der Waals surface area contributed by atoms with Gasteiger partial charge in [-0.2, -0.15) is 0 Å². The summed E-state index contributed by atoms with van der Waals surface area (Å²) in [4.78, 5) is 11.5. The third-order valence-electron chi connectivity index (χ3n) is 3.17. The van der Waals surface area contributed by atoms with Crippen LogP contribution in [0.5, 0.6) is 0 Å². The molecule has 0 saturated carbocycles. The van der Waals surface area contributed by atoms with Crippen molar-refractivity contribution >= 4 is 5.91 Å². The van der Waals surface area contributed by atoms with Crippen LogP contribution in [0, 0.1) is 0 Å². The number of aliphatic hydroxyl groups is 1. The molecule has 1 atom stereocenters. The molecule has 1 heterocycles. The molecule has 1 aromatic carbocycles. The highest BCUT2D eigenvalue weighted by Gasteiger charge is 2.10. The number of nitrogens with one attached hydrogen (secondary N) is 1. The minimum absolute atomic E-state index is 0.0823. The quantitative estimate of drug-likeness (QED) is 0.768. The first-order valence-electron chi connectivity index (χ1n) is 6.90. The zero-order valence-electron chi connectivity index (χ0n) is 11.8. The topological polar surface area (TPSA) is 62.5 Å². The highest BCUT2D eigenvalue weighted by molar-refractivity contribution is 5.76. The van der Waals surface area contributed by atoms with Gasteiger partial charge in [0.1, 0.15) is 5.76 Å². The van der Waals surface area contributed by atoms with Crippen molar-refractivity contribution in [3.8, 4) is 11.3 Å². The number of carbonyl (C=O) groups is 1. The van der Waals surface area contributed by atoms with Crippen LogP contribution in [0.25, 0.3) is 11.3 Å². The lowest BCUT2D eigenvalue weighted by Gasteiger charge is -2.12. The molecule has 4 heteroatoms. The highest BCUT2D eigenvalue weighted by atomic mass is 16.3. The summed E-state index contributed by atoms with van der Waals surface area (Å²) in [5, 5.41) is 12.8. The fourth-order valence-corrected chi connectivity index (χ4v) is 1.96. The van der Waals surface area contributed by atoms with E-state index < -0.39 is 6.10 Å². The second-order valence-electron chi connectivity index (χ2n) is 4.75. The third-order valence-corrected chi connectivity index (χ3v) is 3.17. The van der Waals surface area contributed by atoms with E-state index in [2.05, 4.69) is 11.9 Å². The van der Waals surface area contributed by atoms with Crippen molar-refractivity contribution in [2.24, 2.45) is 0 Å². The van der Waals surface area contributed by atoms with Gasteiger partial charge >= 0.3 is 0 Å². The van der Waals surface area contributed by atoms with Gasteiger partial charge < -0.3 is 14.8 Å². The highest BCUT2D eigenvalue weighted by Crippen LogP contribution is 2.22. The lowest BCUT2D eigenvalue weighted by Crippen LogP contribution is -2.27. The molecule has 0 aliphatic rings. The standard InChI is InChI=1S/C17H19NO3/c1-2-3-6-17(20)18-12-15(19)13-7-9-14(10-8-13)16-5-4-11-21-16/h2,4-5,7-11,15,19H,1,3,6,12H2,(H,18,20). The van der Waals surface area contributed by atoms with Gasteiger partial charge in [-0.05, 0) is 24.1 Å². The van der Waals surface area contributed by atoms with E-state index in [9.17, 15) is 9.90 Å². The van der Waals surface area contributed by atoms with Crippen LogP contribution in [0.1, 0.15) is 24.5 Å². The molecule has 1 amide bonds. The van der Waals surface area contributed by atoms with E-state index in [-0.39, 0.29) is 12.5 Å². The molecular formula is C17H19NO3. The van der Waals surface area contributed by atoms with Crippen molar-refractivity contribution in [2.45, 2.75) is 18.9 Å². The SMILES string of the molecule is C=CCCC(=O)NCC(O)c1ccc(-c2ccco2)cc1. The van der Waals surface area contributed by atoms with Crippen molar-refractivity contribution in [1.29, 1.82) is 0 Å². The van der Waals surface area contributed by atoms with Gasteiger partial charge in [-0.25, -0.2) is 0 Å². The number of hydrogen-bond acceptors (Lipinski definition) is 3. The number of benzene rings is 1. The summed E-state index contributed by atoms with van der Waals surface area (Å²) in [6.45, 7) is 3.77. The smallest absolute Gasteiger partial charge is 0.220 e. The number of aliphatic hydroxyl groups excluding tert-OH is 1. The second kappa shape index (κ2) is 7.45. The summed E-state index contributed by atoms with van der Waals surface area (Å²) in [5.41, 5.74) is 1.71. The molecule has 1 aromatic heterocycles. The number of amides is 1. The van der Waals surface area contributed by atoms with Gasteiger partial charge in [-0.3, -0.25) is 4.79 Å². The van der Waals surface area contributed by atoms with E-state index in [1.54, 1.807) is 12.3 Å². The van der Waals surface area contributed by atoms with Crippen LogP contribution >= 0.6 is 0 Å². The summed E-state index contributed by atoms with van der Waals surface area (Å²) >= 11 is 0. The van der Waals surface area contributed by atoms with Gasteiger partial charge in [-0.1, -0.05) is 30.3 Å². The number of allylic oxidation sites excluding steroid dienone is 1. The van der Waals surface area contributed by atoms with E-state index in [0.717, 1.165) is 16.9 Å². The molecule has 4 nitrogen and oxygen atoms in total. The van der Waals surface area contributed by atoms with Crippen molar-refractivity contribution in [2.75, 3.05) is 6.54 Å². The Labute approximate surface area is 124 Å². The van der Waals surface area contributed by atoms with Gasteiger partial charge in [0.15, 0.2) is 0 Å². The third kappa shape index (κ3) is 4.33. The van der Waals surface area contributed by atoms with E-state index >= 15 is 0 Å². The molecule has 2 N–H and O–H groups in total. The normalized spacial score (nSPS) is 11.9. The number of carbonyl (C=O) groups excluding carboxylic acids is 1. The number of rotatable bonds is 7. The Morgan fingerprint density at radius 2 is 2.10 bits per heavy atom. The molecule has 0 fully saturated rings. The Bertz CT molecular complexity index is 573. The van der Waals surface area contributed by atoms with E-state index in [1.165, 1.54) is 0 Å². The second-order valence-corrected chi connectivity index (χ2v) is 4.75. The molecule has 0 bridgehead atoms. The predicted octanol–water partition coefficient (Wildman–Crippen LogP) is 3.06. The van der Waals surface area contributed by atoms with Crippen LogP contribution in [-0.2, 0) is 4.79 Å². The fourth-order valence-electron chi connectivity index (χ4n) is 1.96. The maximum absolute atomic E-state index is 11.5. The molecule has 2 rings (SSSR count). The summed E-state index contributed by atoms with van der Waals surface area (Å²) in [6, 6.07) is 11.1. The lowest BCUT2D eigenvalue weighted by molar-refractivity contribution is -0.121. The van der Waals surface area contributed by atoms with Crippen LogP contribution in [-0.4, -0.2) is 17.6 Å². The van der Waals surface area contributed by atoms with E-state index in [1.807, 2.05) is 36.4 Å². The molecule has 0 aliphatic carbocycles. The van der Waals surface area contributed by atoms with Gasteiger partial charge in [0.2, 0.25) is 5.91 Å². The summed E-state index contributed by atoms with van der Waals surface area (Å²) in [6.07, 6.45) is 3.64. The molecule has 0 aliphatic heterocycles. The summed E-state index contributed by atoms with van der Waals surface area (Å²) < 4.78 is 5.31. The van der Waals surface area contributed by atoms with Gasteiger partial charge in [0.05, 0.1) is 12.4 Å². The zero-order valence-corrected chi connectivity index (χ0v) is 11.8. The largest absolute Gasteiger partial charge is 0.464 e. The van der Waals surface area contributed by atoms with Crippen LogP contribution in [0.15, 0.2) is 59.7 Å². The molecule has 110 valence electrons. The molecule has 0 radical (unpaired) electrons. The Morgan fingerprint density at radius 3 is 2.71 bits per heavy atom. The maximum Gasteiger partial charge on any atom is 0.220 e. The molecule has 21 heavy (non-hydrogen) atoms. The Hall–Kier alpha value is -2.33. The minimum Gasteiger partial charge on any atom is -0.464 e. The Balaban J connectivity index is 1.89. The number of hydrogen-bond donors (Lipinski definition) is 2. The van der Waals surface area contributed by atoms with Gasteiger partial charge in [0.25, 0.3) is 0 Å². The predicted molar refractivity (Wildman–Crippen MR) is 81.5 cm³/mol. The molecule has 2 aromatic rings. The maximum atomic E-state index is 11.5. The van der Waals surface area contributed by atoms with Crippen LogP contribution < -0.4 is 5.32 Å². The van der Waals surface area contributed by atoms with Crippen LogP contribution in [0.3, 0.4) is 0 Å². The average Bonchev–Trinajstić information content (AvgIpc) is 3.05. The lowest BCUT2D eigenvalue weighted by atomic mass is 10.1. The van der Waals surface area contributed by atoms with Crippen molar-refractivity contribution in [3.63, 3.8) is 0 Å². The first-order chi connectivity index (χ1) is 10.2. The van der Waals surface area contributed by atoms with E-state index in [4.69, 9.17) is 4.42 Å². The van der Waals surface area contributed by atoms with E-state index in [0.29, 0.717) is 12.8 Å². The van der Waals surface area contributed by atoms with Crippen LogP contribution in [0.2, 0.25) is 0 Å². The number of furan rings is 1. The van der Waals surface area contributed by atoms with Crippen LogP contribution in [0.4, 0.5) is 0 Å². The Kier molecular flexibility index (Phi) is 5.35. The monoisotopic (exact) mass is 285 g/mol. The first-order valence-corrected chi connectivity index (χ1v) is 6.90.